The van der Waals surface area contributed by atoms with Gasteiger partial charge >= 0.3 is 0 Å². The highest BCUT2D eigenvalue weighted by Gasteiger charge is 2.27. The van der Waals surface area contributed by atoms with Crippen LogP contribution in [0, 0.1) is 5.92 Å². The molecule has 1 aliphatic rings. The number of nitrogens with one attached hydrogen (secondary N) is 1. The van der Waals surface area contributed by atoms with E-state index in [1.807, 2.05) is 6.20 Å². The van der Waals surface area contributed by atoms with Gasteiger partial charge in [-0.25, -0.2) is 4.98 Å². The lowest BCUT2D eigenvalue weighted by Gasteiger charge is -2.20. The monoisotopic (exact) mass is 235 g/mol. The van der Waals surface area contributed by atoms with Crippen LogP contribution in [-0.4, -0.2) is 22.1 Å². The number of hydrogen-bond donors (Lipinski definition) is 1. The topological polar surface area (TPSA) is 29.9 Å². The van der Waals surface area contributed by atoms with Crippen molar-refractivity contribution in [3.05, 3.63) is 18.2 Å². The summed E-state index contributed by atoms with van der Waals surface area (Å²) in [6.07, 6.45) is 10.5. The maximum atomic E-state index is 4.53. The number of aryl methyl sites for hydroxylation is 1. The summed E-state index contributed by atoms with van der Waals surface area (Å²) in [4.78, 5) is 4.53. The van der Waals surface area contributed by atoms with Crippen molar-refractivity contribution < 1.29 is 0 Å². The van der Waals surface area contributed by atoms with Crippen LogP contribution in [0.15, 0.2) is 12.4 Å². The molecule has 1 aliphatic carbocycles. The third-order valence-electron chi connectivity index (χ3n) is 3.84. The SMILES string of the molecule is CCCn1ccnc1CC1CCCC1NCC. The summed E-state index contributed by atoms with van der Waals surface area (Å²) < 4.78 is 2.32. The molecule has 0 amide bonds. The predicted octanol–water partition coefficient (Wildman–Crippen LogP) is 2.61. The smallest absolute Gasteiger partial charge is 0.108 e. The zero-order valence-corrected chi connectivity index (χ0v) is 11.2. The van der Waals surface area contributed by atoms with Gasteiger partial charge in [0.15, 0.2) is 0 Å². The number of rotatable bonds is 6. The van der Waals surface area contributed by atoms with Gasteiger partial charge in [-0.15, -0.1) is 0 Å². The Morgan fingerprint density at radius 2 is 2.29 bits per heavy atom. The molecule has 0 radical (unpaired) electrons. The second-order valence-corrected chi connectivity index (χ2v) is 5.10. The van der Waals surface area contributed by atoms with Crippen LogP contribution in [0.5, 0.6) is 0 Å². The Hall–Kier alpha value is -0.830. The average molecular weight is 235 g/mol. The Bertz CT molecular complexity index is 332. The molecular weight excluding hydrogens is 210 g/mol. The van der Waals surface area contributed by atoms with Gasteiger partial charge in [-0.2, -0.15) is 0 Å². The van der Waals surface area contributed by atoms with Gasteiger partial charge in [0, 0.05) is 31.4 Å². The number of hydrogen-bond acceptors (Lipinski definition) is 2. The molecule has 0 spiro atoms. The first-order valence-electron chi connectivity index (χ1n) is 7.08. The van der Waals surface area contributed by atoms with Crippen molar-refractivity contribution in [2.75, 3.05) is 6.54 Å². The lowest BCUT2D eigenvalue weighted by molar-refractivity contribution is 0.394. The normalized spacial score (nSPS) is 24.4. The van der Waals surface area contributed by atoms with Gasteiger partial charge in [0.25, 0.3) is 0 Å². The molecule has 0 aliphatic heterocycles. The minimum absolute atomic E-state index is 0.715. The average Bonchev–Trinajstić information content (AvgIpc) is 2.92. The summed E-state index contributed by atoms with van der Waals surface area (Å²) >= 11 is 0. The van der Waals surface area contributed by atoms with Gasteiger partial charge in [0.1, 0.15) is 5.82 Å². The van der Waals surface area contributed by atoms with E-state index in [0.29, 0.717) is 6.04 Å². The summed E-state index contributed by atoms with van der Waals surface area (Å²) in [6, 6.07) is 0.715. The lowest BCUT2D eigenvalue weighted by atomic mass is 9.99. The Labute approximate surface area is 105 Å². The molecule has 3 heteroatoms. The third kappa shape index (κ3) is 3.09. The second kappa shape index (κ2) is 6.20. The van der Waals surface area contributed by atoms with Gasteiger partial charge in [-0.3, -0.25) is 0 Å². The van der Waals surface area contributed by atoms with Gasteiger partial charge in [-0.05, 0) is 31.7 Å². The second-order valence-electron chi connectivity index (χ2n) is 5.10. The summed E-state index contributed by atoms with van der Waals surface area (Å²) in [6.45, 7) is 6.62. The van der Waals surface area contributed by atoms with Gasteiger partial charge < -0.3 is 9.88 Å². The van der Waals surface area contributed by atoms with Crippen molar-refractivity contribution in [1.29, 1.82) is 0 Å². The van der Waals surface area contributed by atoms with Crippen LogP contribution in [0.3, 0.4) is 0 Å². The van der Waals surface area contributed by atoms with Crippen LogP contribution in [0.2, 0.25) is 0 Å². The van der Waals surface area contributed by atoms with Gasteiger partial charge in [-0.1, -0.05) is 20.3 Å². The summed E-state index contributed by atoms with van der Waals surface area (Å²) in [7, 11) is 0. The molecular formula is C14H25N3. The predicted molar refractivity (Wildman–Crippen MR) is 71.0 cm³/mol. The third-order valence-corrected chi connectivity index (χ3v) is 3.84. The molecule has 0 saturated heterocycles. The molecule has 1 N–H and O–H groups in total. The lowest BCUT2D eigenvalue weighted by Crippen LogP contribution is -2.33. The van der Waals surface area contributed by atoms with Crippen molar-refractivity contribution in [2.45, 2.75) is 58.5 Å². The van der Waals surface area contributed by atoms with Gasteiger partial charge in [0.2, 0.25) is 0 Å². The largest absolute Gasteiger partial charge is 0.335 e. The molecule has 3 nitrogen and oxygen atoms in total. The highest BCUT2D eigenvalue weighted by atomic mass is 15.1. The van der Waals surface area contributed by atoms with Crippen LogP contribution in [0.25, 0.3) is 0 Å². The van der Waals surface area contributed by atoms with E-state index >= 15 is 0 Å². The van der Waals surface area contributed by atoms with E-state index in [4.69, 9.17) is 0 Å². The first-order chi connectivity index (χ1) is 8.35. The van der Waals surface area contributed by atoms with Crippen molar-refractivity contribution in [3.63, 3.8) is 0 Å². The number of aromatic nitrogens is 2. The molecule has 0 bridgehead atoms. The molecule has 1 heterocycles. The number of nitrogens with zero attached hydrogens (tertiary/aromatic N) is 2. The minimum Gasteiger partial charge on any atom is -0.335 e. The van der Waals surface area contributed by atoms with E-state index in [1.54, 1.807) is 0 Å². The fourth-order valence-electron chi connectivity index (χ4n) is 3.02. The first-order valence-corrected chi connectivity index (χ1v) is 7.08. The van der Waals surface area contributed by atoms with E-state index in [-0.39, 0.29) is 0 Å². The highest BCUT2D eigenvalue weighted by Crippen LogP contribution is 2.28. The Morgan fingerprint density at radius 1 is 1.41 bits per heavy atom. The molecule has 1 aromatic heterocycles. The summed E-state index contributed by atoms with van der Waals surface area (Å²) in [5.74, 6) is 2.06. The Morgan fingerprint density at radius 3 is 3.06 bits per heavy atom. The molecule has 0 aromatic carbocycles. The zero-order chi connectivity index (χ0) is 12.1. The van der Waals surface area contributed by atoms with Crippen molar-refractivity contribution in [1.82, 2.24) is 14.9 Å². The van der Waals surface area contributed by atoms with Crippen LogP contribution in [0.4, 0.5) is 0 Å². The molecule has 1 saturated carbocycles. The van der Waals surface area contributed by atoms with Crippen molar-refractivity contribution in [2.24, 2.45) is 5.92 Å². The minimum atomic E-state index is 0.715. The summed E-state index contributed by atoms with van der Waals surface area (Å²) in [5, 5.41) is 3.62. The van der Waals surface area contributed by atoms with Crippen LogP contribution >= 0.6 is 0 Å². The van der Waals surface area contributed by atoms with Gasteiger partial charge in [0.05, 0.1) is 0 Å². The highest BCUT2D eigenvalue weighted by molar-refractivity contribution is 4.97. The molecule has 2 unspecified atom stereocenters. The van der Waals surface area contributed by atoms with E-state index in [2.05, 4.69) is 34.9 Å². The summed E-state index contributed by atoms with van der Waals surface area (Å²) in [5.41, 5.74) is 0. The molecule has 96 valence electrons. The van der Waals surface area contributed by atoms with E-state index in [1.165, 1.54) is 31.5 Å². The number of imidazole rings is 1. The van der Waals surface area contributed by atoms with Crippen LogP contribution < -0.4 is 5.32 Å². The Balaban J connectivity index is 1.97. The zero-order valence-electron chi connectivity index (χ0n) is 11.2. The molecule has 2 rings (SSSR count). The van der Waals surface area contributed by atoms with Crippen molar-refractivity contribution in [3.8, 4) is 0 Å². The van der Waals surface area contributed by atoms with E-state index in [9.17, 15) is 0 Å². The fourth-order valence-corrected chi connectivity index (χ4v) is 3.02. The quantitative estimate of drug-likeness (QED) is 0.821. The maximum absolute atomic E-state index is 4.53. The molecule has 17 heavy (non-hydrogen) atoms. The van der Waals surface area contributed by atoms with Crippen LogP contribution in [-0.2, 0) is 13.0 Å². The van der Waals surface area contributed by atoms with Crippen LogP contribution in [0.1, 0.15) is 45.4 Å². The Kier molecular flexibility index (Phi) is 4.60. The maximum Gasteiger partial charge on any atom is 0.108 e. The standard InChI is InChI=1S/C14H25N3/c1-3-9-17-10-8-16-14(17)11-12-6-5-7-13(12)15-4-2/h8,10,12-13,15H,3-7,9,11H2,1-2H3. The molecule has 1 aromatic rings. The van der Waals surface area contributed by atoms with Crippen molar-refractivity contribution >= 4 is 0 Å². The first kappa shape index (κ1) is 12.6. The fraction of sp³-hybridized carbons (Fsp3) is 0.786. The molecule has 2 atom stereocenters. The van der Waals surface area contributed by atoms with E-state index < -0.39 is 0 Å². The van der Waals surface area contributed by atoms with E-state index in [0.717, 1.165) is 25.4 Å². The molecule has 1 fully saturated rings.